The van der Waals surface area contributed by atoms with Crippen LogP contribution in [0.15, 0.2) is 72.9 Å². The standard InChI is InChI=1S/C20H26O3.C17H22O3/c1-2-3-4-5-6-7-8-9-10-11-13-16-14-12-15-17-18(16)20(22)23-19(17)21;1-5-9-16(10-6-2)13-14(18)20-15(19)17(16,11-7-3)12-8-4/h11-15H,2-10H2,1H3;5-12H,13H2,1-4H3. The molecule has 0 unspecified atom stereocenters. The number of cyclic esters (lactones) is 4. The van der Waals surface area contributed by atoms with Gasteiger partial charge in [-0.05, 0) is 52.2 Å². The summed E-state index contributed by atoms with van der Waals surface area (Å²) in [4.78, 5) is 47.4. The SMILES string of the molecule is CC=CC1(C=CC)CC(=O)OC(=O)C1(C=CC)C=CC.CCCCCCCCCCC=Cc1cccc2c1C(=O)OC2=O. The number of fused-ring (bicyclic) bond motifs is 1. The third-order valence-electron chi connectivity index (χ3n) is 7.77. The van der Waals surface area contributed by atoms with Gasteiger partial charge in [-0.3, -0.25) is 9.59 Å². The van der Waals surface area contributed by atoms with E-state index in [0.717, 1.165) is 12.0 Å². The van der Waals surface area contributed by atoms with Crippen LogP contribution in [0.2, 0.25) is 0 Å². The monoisotopic (exact) mass is 588 g/mol. The fourth-order valence-electron chi connectivity index (χ4n) is 5.77. The predicted molar refractivity (Wildman–Crippen MR) is 172 cm³/mol. The van der Waals surface area contributed by atoms with E-state index in [0.29, 0.717) is 11.1 Å². The van der Waals surface area contributed by atoms with Crippen molar-refractivity contribution in [1.82, 2.24) is 0 Å². The molecule has 0 radical (unpaired) electrons. The van der Waals surface area contributed by atoms with E-state index in [1.807, 2.05) is 88.4 Å². The number of unbranched alkanes of at least 4 members (excludes halogenated alkanes) is 8. The van der Waals surface area contributed by atoms with E-state index in [4.69, 9.17) is 4.74 Å². The van der Waals surface area contributed by atoms with Crippen molar-refractivity contribution in [3.8, 4) is 0 Å². The largest absolute Gasteiger partial charge is 0.392 e. The number of hydrogen-bond donors (Lipinski definition) is 0. The third-order valence-corrected chi connectivity index (χ3v) is 7.77. The summed E-state index contributed by atoms with van der Waals surface area (Å²) >= 11 is 0. The molecule has 0 atom stereocenters. The van der Waals surface area contributed by atoms with Crippen molar-refractivity contribution in [3.63, 3.8) is 0 Å². The number of benzene rings is 1. The summed E-state index contributed by atoms with van der Waals surface area (Å²) in [6.45, 7) is 9.71. The van der Waals surface area contributed by atoms with Gasteiger partial charge in [0.2, 0.25) is 0 Å². The molecule has 0 saturated carbocycles. The van der Waals surface area contributed by atoms with E-state index in [9.17, 15) is 19.2 Å². The van der Waals surface area contributed by atoms with Gasteiger partial charge in [-0.15, -0.1) is 0 Å². The first-order chi connectivity index (χ1) is 20.8. The Hall–Kier alpha value is -3.80. The Labute approximate surface area is 257 Å². The average molecular weight is 589 g/mol. The fraction of sp³-hybridized carbons (Fsp3) is 0.459. The highest BCUT2D eigenvalue weighted by Crippen LogP contribution is 2.51. The molecule has 2 heterocycles. The van der Waals surface area contributed by atoms with Crippen LogP contribution in [0.3, 0.4) is 0 Å². The smallest absolute Gasteiger partial charge is 0.347 e. The molecule has 0 amide bonds. The first-order valence-electron chi connectivity index (χ1n) is 15.6. The third kappa shape index (κ3) is 9.09. The molecule has 2 aliphatic heterocycles. The number of ether oxygens (including phenoxy) is 2. The minimum absolute atomic E-state index is 0.141. The van der Waals surface area contributed by atoms with Gasteiger partial charge in [-0.25, -0.2) is 9.59 Å². The van der Waals surface area contributed by atoms with E-state index >= 15 is 0 Å². The summed E-state index contributed by atoms with van der Waals surface area (Å²) in [6, 6.07) is 5.27. The lowest BCUT2D eigenvalue weighted by molar-refractivity contribution is -0.174. The fourth-order valence-corrected chi connectivity index (χ4v) is 5.77. The zero-order valence-corrected chi connectivity index (χ0v) is 26.5. The molecule has 6 heteroatoms. The molecule has 0 spiro atoms. The number of allylic oxidation sites excluding steroid dienone is 7. The van der Waals surface area contributed by atoms with Crippen LogP contribution in [-0.2, 0) is 19.1 Å². The maximum absolute atomic E-state index is 12.5. The van der Waals surface area contributed by atoms with Gasteiger partial charge in [-0.1, -0.05) is 125 Å². The number of esters is 4. The molecule has 1 aromatic carbocycles. The summed E-state index contributed by atoms with van der Waals surface area (Å²) < 4.78 is 9.57. The quantitative estimate of drug-likeness (QED) is 0.0931. The first kappa shape index (κ1) is 35.4. The molecule has 1 saturated heterocycles. The normalized spacial score (nSPS) is 22.2. The summed E-state index contributed by atoms with van der Waals surface area (Å²) in [6.07, 6.45) is 30.4. The molecule has 0 aromatic heterocycles. The van der Waals surface area contributed by atoms with Crippen molar-refractivity contribution >= 4 is 30.0 Å². The van der Waals surface area contributed by atoms with Gasteiger partial charge in [-0.2, -0.15) is 0 Å². The van der Waals surface area contributed by atoms with Crippen LogP contribution in [0.4, 0.5) is 0 Å². The summed E-state index contributed by atoms with van der Waals surface area (Å²) in [7, 11) is 0. The Morgan fingerprint density at radius 2 is 1.30 bits per heavy atom. The second-order valence-electron chi connectivity index (χ2n) is 11.0. The van der Waals surface area contributed by atoms with Gasteiger partial charge >= 0.3 is 23.9 Å². The molecule has 3 rings (SSSR count). The Morgan fingerprint density at radius 1 is 0.721 bits per heavy atom. The predicted octanol–water partition coefficient (Wildman–Crippen LogP) is 9.28. The highest BCUT2D eigenvalue weighted by molar-refractivity contribution is 6.16. The van der Waals surface area contributed by atoms with Crippen molar-refractivity contribution in [1.29, 1.82) is 0 Å². The lowest BCUT2D eigenvalue weighted by Gasteiger charge is -2.44. The topological polar surface area (TPSA) is 86.7 Å². The molecule has 43 heavy (non-hydrogen) atoms. The minimum Gasteiger partial charge on any atom is -0.392 e. The maximum Gasteiger partial charge on any atom is 0.347 e. The molecule has 1 fully saturated rings. The molecule has 0 aliphatic carbocycles. The number of hydrogen-bond acceptors (Lipinski definition) is 6. The Balaban J connectivity index is 0.000000304. The van der Waals surface area contributed by atoms with Gasteiger partial charge < -0.3 is 9.47 Å². The molecule has 6 nitrogen and oxygen atoms in total. The highest BCUT2D eigenvalue weighted by Gasteiger charge is 2.56. The Morgan fingerprint density at radius 3 is 1.88 bits per heavy atom. The van der Waals surface area contributed by atoms with Gasteiger partial charge in [0.15, 0.2) is 0 Å². The number of carbonyl (C=O) groups excluding carboxylic acids is 4. The summed E-state index contributed by atoms with van der Waals surface area (Å²) in [5.41, 5.74) is -0.141. The summed E-state index contributed by atoms with van der Waals surface area (Å²) in [5, 5.41) is 0. The molecule has 0 N–H and O–H groups in total. The van der Waals surface area contributed by atoms with Crippen LogP contribution in [0, 0.1) is 10.8 Å². The van der Waals surface area contributed by atoms with Crippen LogP contribution in [0.1, 0.15) is 125 Å². The second-order valence-corrected chi connectivity index (χ2v) is 11.0. The first-order valence-corrected chi connectivity index (χ1v) is 15.6. The molecule has 2 aliphatic rings. The van der Waals surface area contributed by atoms with Gasteiger partial charge in [0.1, 0.15) is 5.41 Å². The van der Waals surface area contributed by atoms with Crippen molar-refractivity contribution < 1.29 is 28.7 Å². The average Bonchev–Trinajstić information content (AvgIpc) is 3.27. The van der Waals surface area contributed by atoms with Crippen molar-refractivity contribution in [2.45, 2.75) is 98.8 Å². The van der Waals surface area contributed by atoms with Crippen molar-refractivity contribution in [3.05, 3.63) is 89.6 Å². The van der Waals surface area contributed by atoms with E-state index in [-0.39, 0.29) is 6.42 Å². The zero-order valence-electron chi connectivity index (χ0n) is 26.5. The van der Waals surface area contributed by atoms with Crippen LogP contribution in [-0.4, -0.2) is 23.9 Å². The Kier molecular flexibility index (Phi) is 14.8. The maximum atomic E-state index is 12.5. The van der Waals surface area contributed by atoms with E-state index in [1.54, 1.807) is 12.1 Å². The van der Waals surface area contributed by atoms with Crippen molar-refractivity contribution in [2.24, 2.45) is 10.8 Å². The van der Waals surface area contributed by atoms with Crippen LogP contribution in [0.25, 0.3) is 6.08 Å². The van der Waals surface area contributed by atoms with Crippen LogP contribution in [0.5, 0.6) is 0 Å². The van der Waals surface area contributed by atoms with Gasteiger partial charge in [0.25, 0.3) is 0 Å². The van der Waals surface area contributed by atoms with Gasteiger partial charge in [0, 0.05) is 5.41 Å². The molecule has 232 valence electrons. The van der Waals surface area contributed by atoms with Crippen LogP contribution >= 0.6 is 0 Å². The highest BCUT2D eigenvalue weighted by atomic mass is 16.6. The van der Waals surface area contributed by atoms with Gasteiger partial charge in [0.05, 0.1) is 17.5 Å². The van der Waals surface area contributed by atoms with Crippen molar-refractivity contribution in [2.75, 3.05) is 0 Å². The second kappa shape index (κ2) is 18.0. The number of rotatable bonds is 14. The Bertz CT molecular complexity index is 1240. The molecular formula is C37H48O6. The summed E-state index contributed by atoms with van der Waals surface area (Å²) in [5.74, 6) is -2.09. The molecular weight excluding hydrogens is 540 g/mol. The molecule has 0 bridgehead atoms. The van der Waals surface area contributed by atoms with E-state index in [2.05, 4.69) is 17.7 Å². The lowest BCUT2D eigenvalue weighted by Crippen LogP contribution is -2.50. The minimum atomic E-state index is -0.983. The van der Waals surface area contributed by atoms with E-state index in [1.165, 1.54) is 51.4 Å². The van der Waals surface area contributed by atoms with Crippen LogP contribution < -0.4 is 0 Å². The number of carbonyl (C=O) groups is 4. The van der Waals surface area contributed by atoms with E-state index < -0.39 is 34.7 Å². The lowest BCUT2D eigenvalue weighted by atomic mass is 9.59. The molecule has 1 aromatic rings. The zero-order chi connectivity index (χ0) is 31.7.